The average Bonchev–Trinajstić information content (AvgIpc) is 1.81. The summed E-state index contributed by atoms with van der Waals surface area (Å²) in [5, 5.41) is 8.49. The van der Waals surface area contributed by atoms with E-state index in [0.717, 1.165) is 0 Å². The zero-order valence-corrected chi connectivity index (χ0v) is 5.92. The zero-order chi connectivity index (χ0) is 8.15. The maximum atomic E-state index is 10.3. The molecule has 0 aromatic heterocycles. The van der Waals surface area contributed by atoms with Crippen molar-refractivity contribution >= 4 is 5.97 Å². The van der Waals surface area contributed by atoms with Gasteiger partial charge in [0.1, 0.15) is 0 Å². The van der Waals surface area contributed by atoms with Gasteiger partial charge in [0.15, 0.2) is 0 Å². The highest BCUT2D eigenvalue weighted by Gasteiger charge is 2.06. The summed E-state index contributed by atoms with van der Waals surface area (Å²) in [5.74, 6) is -0.972. The summed E-state index contributed by atoms with van der Waals surface area (Å²) in [6, 6.07) is 0. The number of nitrogens with two attached hydrogens (primary N) is 1. The topological polar surface area (TPSA) is 63.3 Å². The minimum Gasteiger partial charge on any atom is -0.478 e. The van der Waals surface area contributed by atoms with E-state index in [-0.39, 0.29) is 5.57 Å². The molecule has 3 N–H and O–H groups in total. The molecule has 0 saturated carbocycles. The molecule has 0 aromatic carbocycles. The maximum absolute atomic E-state index is 10.3. The first kappa shape index (κ1) is 8.75. The zero-order valence-electron chi connectivity index (χ0n) is 5.92. The van der Waals surface area contributed by atoms with Crippen molar-refractivity contribution in [1.82, 2.24) is 0 Å². The molecular weight excluding hydrogens is 130 g/mol. The normalized spacial score (nSPS) is 12.1. The van der Waals surface area contributed by atoms with Crippen molar-refractivity contribution in [3.63, 3.8) is 0 Å². The Hall–Kier alpha value is -1.25. The summed E-state index contributed by atoms with van der Waals surface area (Å²) >= 11 is 0. The molecule has 3 nitrogen and oxygen atoms in total. The van der Waals surface area contributed by atoms with Gasteiger partial charge in [0.05, 0.1) is 5.57 Å². The molecule has 0 aliphatic rings. The van der Waals surface area contributed by atoms with Crippen molar-refractivity contribution in [3.05, 3.63) is 23.9 Å². The number of aliphatic carboxylic acids is 1. The van der Waals surface area contributed by atoms with Crippen LogP contribution in [-0.2, 0) is 4.79 Å². The van der Waals surface area contributed by atoms with E-state index in [1.54, 1.807) is 6.92 Å². The fraction of sp³-hybridized carbons (Fsp3) is 0.286. The van der Waals surface area contributed by atoms with Crippen LogP contribution in [0.15, 0.2) is 23.9 Å². The molecule has 0 amide bonds. The van der Waals surface area contributed by atoms with Gasteiger partial charge in [-0.15, -0.1) is 6.58 Å². The molecule has 0 aromatic rings. The molecule has 0 heterocycles. The number of carboxylic acid groups (broad SMARTS) is 1. The molecular formula is C7H11NO2. The van der Waals surface area contributed by atoms with Crippen LogP contribution >= 0.6 is 0 Å². The van der Waals surface area contributed by atoms with Crippen LogP contribution in [0.4, 0.5) is 0 Å². The van der Waals surface area contributed by atoms with Crippen LogP contribution in [0.2, 0.25) is 0 Å². The van der Waals surface area contributed by atoms with E-state index < -0.39 is 5.97 Å². The lowest BCUT2D eigenvalue weighted by atomic mass is 10.1. The first-order chi connectivity index (χ1) is 4.59. The van der Waals surface area contributed by atoms with Gasteiger partial charge in [0, 0.05) is 5.70 Å². The van der Waals surface area contributed by atoms with Gasteiger partial charge in [-0.2, -0.15) is 0 Å². The Bertz CT molecular complexity index is 178. The lowest BCUT2D eigenvalue weighted by Crippen LogP contribution is -2.07. The van der Waals surface area contributed by atoms with Crippen molar-refractivity contribution in [3.8, 4) is 0 Å². The van der Waals surface area contributed by atoms with Crippen molar-refractivity contribution < 1.29 is 9.90 Å². The lowest BCUT2D eigenvalue weighted by Gasteiger charge is -1.98. The fourth-order valence-corrected chi connectivity index (χ4v) is 0.561. The monoisotopic (exact) mass is 141 g/mol. The van der Waals surface area contributed by atoms with Crippen molar-refractivity contribution in [2.24, 2.45) is 5.73 Å². The lowest BCUT2D eigenvalue weighted by molar-refractivity contribution is -0.132. The molecule has 0 aliphatic heterocycles. The third kappa shape index (κ3) is 2.35. The molecule has 0 bridgehead atoms. The number of hydrogen-bond donors (Lipinski definition) is 2. The van der Waals surface area contributed by atoms with Gasteiger partial charge >= 0.3 is 5.97 Å². The second kappa shape index (κ2) is 3.71. The number of carboxylic acids is 1. The molecule has 0 spiro atoms. The fourth-order valence-electron chi connectivity index (χ4n) is 0.561. The highest BCUT2D eigenvalue weighted by molar-refractivity contribution is 5.87. The summed E-state index contributed by atoms with van der Waals surface area (Å²) in [7, 11) is 0. The average molecular weight is 141 g/mol. The Labute approximate surface area is 59.8 Å². The Morgan fingerprint density at radius 2 is 2.30 bits per heavy atom. The van der Waals surface area contributed by atoms with Crippen LogP contribution in [0.1, 0.15) is 13.3 Å². The summed E-state index contributed by atoms with van der Waals surface area (Å²) < 4.78 is 0. The number of rotatable bonds is 3. The maximum Gasteiger partial charge on any atom is 0.333 e. The van der Waals surface area contributed by atoms with Crippen LogP contribution < -0.4 is 5.73 Å². The Balaban J connectivity index is 4.42. The van der Waals surface area contributed by atoms with E-state index in [2.05, 4.69) is 6.58 Å². The van der Waals surface area contributed by atoms with Gasteiger partial charge in [-0.3, -0.25) is 0 Å². The van der Waals surface area contributed by atoms with Crippen molar-refractivity contribution in [2.75, 3.05) is 0 Å². The molecule has 0 atom stereocenters. The van der Waals surface area contributed by atoms with Crippen LogP contribution in [0.3, 0.4) is 0 Å². The van der Waals surface area contributed by atoms with Crippen molar-refractivity contribution in [1.29, 1.82) is 0 Å². The largest absolute Gasteiger partial charge is 0.478 e. The molecule has 10 heavy (non-hydrogen) atoms. The molecule has 0 saturated heterocycles. The summed E-state index contributed by atoms with van der Waals surface area (Å²) in [4.78, 5) is 10.3. The quantitative estimate of drug-likeness (QED) is 0.453. The minimum absolute atomic E-state index is 0.218. The third-order valence-electron chi connectivity index (χ3n) is 1.08. The SMILES string of the molecule is C=CCC(C(=O)O)=C(C)N. The van der Waals surface area contributed by atoms with E-state index in [1.165, 1.54) is 6.08 Å². The first-order valence-corrected chi connectivity index (χ1v) is 2.89. The summed E-state index contributed by atoms with van der Waals surface area (Å²) in [6.07, 6.45) is 1.83. The van der Waals surface area contributed by atoms with E-state index >= 15 is 0 Å². The number of allylic oxidation sites excluding steroid dienone is 2. The van der Waals surface area contributed by atoms with Crippen LogP contribution in [-0.4, -0.2) is 11.1 Å². The van der Waals surface area contributed by atoms with Crippen LogP contribution in [0, 0.1) is 0 Å². The highest BCUT2D eigenvalue weighted by atomic mass is 16.4. The smallest absolute Gasteiger partial charge is 0.333 e. The van der Waals surface area contributed by atoms with Gasteiger partial charge < -0.3 is 10.8 Å². The molecule has 3 heteroatoms. The van der Waals surface area contributed by atoms with Crippen LogP contribution in [0.25, 0.3) is 0 Å². The molecule has 0 radical (unpaired) electrons. The second-order valence-electron chi connectivity index (χ2n) is 1.96. The molecule has 56 valence electrons. The van der Waals surface area contributed by atoms with E-state index in [4.69, 9.17) is 10.8 Å². The first-order valence-electron chi connectivity index (χ1n) is 2.89. The second-order valence-corrected chi connectivity index (χ2v) is 1.96. The van der Waals surface area contributed by atoms with Gasteiger partial charge in [-0.1, -0.05) is 6.08 Å². The highest BCUT2D eigenvalue weighted by Crippen LogP contribution is 2.04. The van der Waals surface area contributed by atoms with Gasteiger partial charge in [-0.25, -0.2) is 4.79 Å². The van der Waals surface area contributed by atoms with Gasteiger partial charge in [-0.05, 0) is 13.3 Å². The van der Waals surface area contributed by atoms with Gasteiger partial charge in [0.25, 0.3) is 0 Å². The van der Waals surface area contributed by atoms with E-state index in [9.17, 15) is 4.79 Å². The minimum atomic E-state index is -0.972. The molecule has 0 unspecified atom stereocenters. The Morgan fingerprint density at radius 1 is 1.80 bits per heavy atom. The Morgan fingerprint density at radius 3 is 2.40 bits per heavy atom. The Kier molecular flexibility index (Phi) is 3.25. The molecule has 0 rings (SSSR count). The summed E-state index contributed by atoms with van der Waals surface area (Å²) in [6.45, 7) is 4.97. The standard InChI is InChI=1S/C7H11NO2/c1-3-4-6(5(2)8)7(9)10/h3H,1,4,8H2,2H3,(H,9,10). The number of carbonyl (C=O) groups is 1. The predicted molar refractivity (Wildman–Crippen MR) is 39.3 cm³/mol. The van der Waals surface area contributed by atoms with E-state index in [1.807, 2.05) is 0 Å². The molecule has 0 fully saturated rings. The predicted octanol–water partition coefficient (Wildman–Crippen LogP) is 0.880. The summed E-state index contributed by atoms with van der Waals surface area (Å²) in [5.41, 5.74) is 5.83. The van der Waals surface area contributed by atoms with Gasteiger partial charge in [0.2, 0.25) is 0 Å². The van der Waals surface area contributed by atoms with Crippen molar-refractivity contribution in [2.45, 2.75) is 13.3 Å². The van der Waals surface area contributed by atoms with Crippen LogP contribution in [0.5, 0.6) is 0 Å². The molecule has 0 aliphatic carbocycles. The van der Waals surface area contributed by atoms with E-state index in [0.29, 0.717) is 12.1 Å². The number of hydrogen-bond acceptors (Lipinski definition) is 2. The third-order valence-corrected chi connectivity index (χ3v) is 1.08.